The molecular weight excluding hydrogens is 158 g/mol. The van der Waals surface area contributed by atoms with Crippen LogP contribution in [0.25, 0.3) is 0 Å². The van der Waals surface area contributed by atoms with Gasteiger partial charge in [0.1, 0.15) is 0 Å². The molecule has 0 spiro atoms. The normalized spacial score (nSPS) is 12.8. The Labute approximate surface area is 72.1 Å². The minimum Gasteiger partial charge on any atom is -0.481 e. The van der Waals surface area contributed by atoms with Crippen molar-refractivity contribution < 1.29 is 9.90 Å². The number of hydrogen-bond acceptors (Lipinski definition) is 4. The average molecular weight is 175 g/mol. The Balaban J connectivity index is 3.37. The van der Waals surface area contributed by atoms with E-state index in [0.29, 0.717) is 19.6 Å². The highest BCUT2D eigenvalue weighted by atomic mass is 16.4. The Hall–Kier alpha value is -0.650. The highest BCUT2D eigenvalue weighted by Crippen LogP contribution is 1.87. The van der Waals surface area contributed by atoms with Crippen LogP contribution in [0.3, 0.4) is 0 Å². The van der Waals surface area contributed by atoms with Crippen LogP contribution in [0.4, 0.5) is 0 Å². The third-order valence-electron chi connectivity index (χ3n) is 1.57. The molecule has 0 bridgehead atoms. The molecule has 0 fully saturated rings. The predicted octanol–water partition coefficient (Wildman–Crippen LogP) is -1.27. The topological polar surface area (TPSA) is 101 Å². The van der Waals surface area contributed by atoms with Gasteiger partial charge in [-0.2, -0.15) is 0 Å². The van der Waals surface area contributed by atoms with E-state index in [4.69, 9.17) is 16.6 Å². The molecule has 0 radical (unpaired) electrons. The second kappa shape index (κ2) is 7.02. The molecule has 0 aliphatic carbocycles. The zero-order valence-corrected chi connectivity index (χ0v) is 7.12. The SMILES string of the molecule is NCCC(CN)NCCC(=O)O. The fraction of sp³-hybridized carbons (Fsp3) is 0.857. The number of carboxylic acid groups (broad SMARTS) is 1. The molecule has 12 heavy (non-hydrogen) atoms. The molecule has 5 nitrogen and oxygen atoms in total. The first-order valence-electron chi connectivity index (χ1n) is 4.06. The Morgan fingerprint density at radius 2 is 2.17 bits per heavy atom. The molecule has 0 aromatic carbocycles. The summed E-state index contributed by atoms with van der Waals surface area (Å²) in [6.07, 6.45) is 0.914. The Morgan fingerprint density at radius 3 is 2.58 bits per heavy atom. The van der Waals surface area contributed by atoms with Crippen LogP contribution in [0.5, 0.6) is 0 Å². The van der Waals surface area contributed by atoms with Crippen LogP contribution in [0, 0.1) is 0 Å². The molecule has 1 unspecified atom stereocenters. The molecule has 0 saturated carbocycles. The van der Waals surface area contributed by atoms with Crippen molar-refractivity contribution in [2.24, 2.45) is 11.5 Å². The lowest BCUT2D eigenvalue weighted by Crippen LogP contribution is -2.38. The van der Waals surface area contributed by atoms with Gasteiger partial charge < -0.3 is 21.9 Å². The quantitative estimate of drug-likeness (QED) is 0.386. The van der Waals surface area contributed by atoms with Gasteiger partial charge in [0.15, 0.2) is 0 Å². The molecule has 1 atom stereocenters. The van der Waals surface area contributed by atoms with E-state index in [1.807, 2.05) is 0 Å². The van der Waals surface area contributed by atoms with Crippen LogP contribution in [0.2, 0.25) is 0 Å². The molecule has 0 aromatic heterocycles. The molecule has 0 aliphatic heterocycles. The monoisotopic (exact) mass is 175 g/mol. The van der Waals surface area contributed by atoms with Gasteiger partial charge in [-0.3, -0.25) is 4.79 Å². The van der Waals surface area contributed by atoms with Gasteiger partial charge in [-0.1, -0.05) is 0 Å². The van der Waals surface area contributed by atoms with Crippen molar-refractivity contribution in [1.29, 1.82) is 0 Å². The molecule has 0 aromatic rings. The number of nitrogens with two attached hydrogens (primary N) is 2. The third kappa shape index (κ3) is 6.09. The van der Waals surface area contributed by atoms with Gasteiger partial charge in [-0.15, -0.1) is 0 Å². The van der Waals surface area contributed by atoms with E-state index in [-0.39, 0.29) is 12.5 Å². The second-order valence-corrected chi connectivity index (χ2v) is 2.61. The third-order valence-corrected chi connectivity index (χ3v) is 1.57. The zero-order chi connectivity index (χ0) is 9.40. The Bertz CT molecular complexity index is 130. The smallest absolute Gasteiger partial charge is 0.304 e. The molecule has 6 N–H and O–H groups in total. The van der Waals surface area contributed by atoms with Crippen molar-refractivity contribution in [2.75, 3.05) is 19.6 Å². The summed E-state index contributed by atoms with van der Waals surface area (Å²) in [5.74, 6) is -0.800. The first-order chi connectivity index (χ1) is 5.70. The largest absolute Gasteiger partial charge is 0.481 e. The summed E-state index contributed by atoms with van der Waals surface area (Å²) < 4.78 is 0. The molecule has 0 aliphatic rings. The lowest BCUT2D eigenvalue weighted by Gasteiger charge is -2.14. The van der Waals surface area contributed by atoms with Gasteiger partial charge in [-0.25, -0.2) is 0 Å². The molecule has 0 heterocycles. The van der Waals surface area contributed by atoms with Gasteiger partial charge in [0.25, 0.3) is 0 Å². The average Bonchev–Trinajstić information content (AvgIpc) is 2.02. The van der Waals surface area contributed by atoms with E-state index in [9.17, 15) is 4.79 Å². The number of nitrogens with one attached hydrogen (secondary N) is 1. The van der Waals surface area contributed by atoms with Crippen LogP contribution in [-0.4, -0.2) is 36.8 Å². The number of hydrogen-bond donors (Lipinski definition) is 4. The van der Waals surface area contributed by atoms with Gasteiger partial charge in [-0.05, 0) is 13.0 Å². The van der Waals surface area contributed by atoms with Crippen molar-refractivity contribution >= 4 is 5.97 Å². The summed E-state index contributed by atoms with van der Waals surface area (Å²) >= 11 is 0. The highest BCUT2D eigenvalue weighted by molar-refractivity contribution is 5.66. The Kier molecular flexibility index (Phi) is 6.64. The first kappa shape index (κ1) is 11.4. The fourth-order valence-electron chi connectivity index (χ4n) is 0.888. The standard InChI is InChI=1S/C7H17N3O2/c8-3-1-6(5-9)10-4-2-7(11)12/h6,10H,1-5,8-9H2,(H,11,12). The summed E-state index contributed by atoms with van der Waals surface area (Å²) in [5, 5.41) is 11.3. The van der Waals surface area contributed by atoms with Crippen molar-refractivity contribution in [1.82, 2.24) is 5.32 Å². The van der Waals surface area contributed by atoms with Crippen LogP contribution >= 0.6 is 0 Å². The summed E-state index contributed by atoms with van der Waals surface area (Å²) in [6.45, 7) is 1.52. The van der Waals surface area contributed by atoms with Crippen LogP contribution in [0.1, 0.15) is 12.8 Å². The van der Waals surface area contributed by atoms with E-state index >= 15 is 0 Å². The molecule has 0 amide bonds. The van der Waals surface area contributed by atoms with E-state index in [2.05, 4.69) is 5.32 Å². The van der Waals surface area contributed by atoms with Crippen LogP contribution in [0.15, 0.2) is 0 Å². The van der Waals surface area contributed by atoms with Crippen molar-refractivity contribution in [3.63, 3.8) is 0 Å². The maximum Gasteiger partial charge on any atom is 0.304 e. The summed E-state index contributed by atoms with van der Waals surface area (Å²) in [7, 11) is 0. The molecule has 72 valence electrons. The van der Waals surface area contributed by atoms with Crippen LogP contribution < -0.4 is 16.8 Å². The molecular formula is C7H17N3O2. The number of carboxylic acids is 1. The van der Waals surface area contributed by atoms with E-state index in [0.717, 1.165) is 6.42 Å². The molecule has 5 heteroatoms. The lowest BCUT2D eigenvalue weighted by atomic mass is 10.2. The number of carbonyl (C=O) groups is 1. The maximum absolute atomic E-state index is 10.1. The summed E-state index contributed by atoms with van der Waals surface area (Å²) in [5.41, 5.74) is 10.7. The minimum atomic E-state index is -0.800. The fourth-order valence-corrected chi connectivity index (χ4v) is 0.888. The molecule has 0 saturated heterocycles. The van der Waals surface area contributed by atoms with Gasteiger partial charge in [0.2, 0.25) is 0 Å². The highest BCUT2D eigenvalue weighted by Gasteiger charge is 2.04. The van der Waals surface area contributed by atoms with E-state index < -0.39 is 5.97 Å². The number of rotatable bonds is 7. The zero-order valence-electron chi connectivity index (χ0n) is 7.12. The molecule has 0 rings (SSSR count). The van der Waals surface area contributed by atoms with Gasteiger partial charge >= 0.3 is 5.97 Å². The summed E-state index contributed by atoms with van der Waals surface area (Å²) in [6, 6.07) is 0.148. The summed E-state index contributed by atoms with van der Waals surface area (Å²) in [4.78, 5) is 10.1. The van der Waals surface area contributed by atoms with Gasteiger partial charge in [0, 0.05) is 19.1 Å². The van der Waals surface area contributed by atoms with Crippen LogP contribution in [-0.2, 0) is 4.79 Å². The first-order valence-corrected chi connectivity index (χ1v) is 4.06. The van der Waals surface area contributed by atoms with Gasteiger partial charge in [0.05, 0.1) is 6.42 Å². The Morgan fingerprint density at radius 1 is 1.50 bits per heavy atom. The second-order valence-electron chi connectivity index (χ2n) is 2.61. The van der Waals surface area contributed by atoms with Crippen molar-refractivity contribution in [3.8, 4) is 0 Å². The maximum atomic E-state index is 10.1. The predicted molar refractivity (Wildman–Crippen MR) is 46.8 cm³/mol. The van der Waals surface area contributed by atoms with Crippen molar-refractivity contribution in [2.45, 2.75) is 18.9 Å². The number of aliphatic carboxylic acids is 1. The van der Waals surface area contributed by atoms with E-state index in [1.54, 1.807) is 0 Å². The minimum absolute atomic E-state index is 0.126. The van der Waals surface area contributed by atoms with Crippen molar-refractivity contribution in [3.05, 3.63) is 0 Å². The lowest BCUT2D eigenvalue weighted by molar-refractivity contribution is -0.136. The van der Waals surface area contributed by atoms with E-state index in [1.165, 1.54) is 0 Å².